The van der Waals surface area contributed by atoms with E-state index in [1.54, 1.807) is 17.2 Å². The Morgan fingerprint density at radius 3 is 2.71 bits per heavy atom. The Hall–Kier alpha value is -2.44. The van der Waals surface area contributed by atoms with Gasteiger partial charge in [0.15, 0.2) is 5.76 Å². The van der Waals surface area contributed by atoms with E-state index in [4.69, 9.17) is 20.8 Å². The Balaban J connectivity index is 2.18. The minimum atomic E-state index is 0.330. The highest BCUT2D eigenvalue weighted by Crippen LogP contribution is 2.23. The molecule has 0 unspecified atom stereocenters. The van der Waals surface area contributed by atoms with Crippen molar-refractivity contribution >= 4 is 5.70 Å². The van der Waals surface area contributed by atoms with Gasteiger partial charge in [-0.3, -0.25) is 0 Å². The van der Waals surface area contributed by atoms with Gasteiger partial charge in [-0.2, -0.15) is 0 Å². The molecule has 6 nitrogen and oxygen atoms in total. The summed E-state index contributed by atoms with van der Waals surface area (Å²) in [5.74, 6) is 1.66. The zero-order valence-corrected chi connectivity index (χ0v) is 12.1. The van der Waals surface area contributed by atoms with E-state index in [-0.39, 0.29) is 0 Å². The van der Waals surface area contributed by atoms with Crippen molar-refractivity contribution in [2.45, 2.75) is 6.92 Å². The van der Waals surface area contributed by atoms with Crippen LogP contribution < -0.4 is 11.5 Å². The van der Waals surface area contributed by atoms with Gasteiger partial charge in [-0.1, -0.05) is 6.58 Å². The van der Waals surface area contributed by atoms with Crippen LogP contribution in [0.25, 0.3) is 5.70 Å². The minimum absolute atomic E-state index is 0.330. The van der Waals surface area contributed by atoms with Crippen LogP contribution in [0.1, 0.15) is 11.5 Å². The van der Waals surface area contributed by atoms with E-state index in [1.807, 2.05) is 25.1 Å². The molecule has 21 heavy (non-hydrogen) atoms. The molecule has 112 valence electrons. The first-order chi connectivity index (χ1) is 10.0. The number of hydrogen-bond donors (Lipinski definition) is 2. The van der Waals surface area contributed by atoms with Crippen molar-refractivity contribution in [2.24, 2.45) is 11.5 Å². The zero-order valence-electron chi connectivity index (χ0n) is 12.1. The highest BCUT2D eigenvalue weighted by Gasteiger charge is 2.16. The van der Waals surface area contributed by atoms with Crippen LogP contribution in [0.3, 0.4) is 0 Å². The predicted molar refractivity (Wildman–Crippen MR) is 79.9 cm³/mol. The third kappa shape index (κ3) is 3.36. The molecule has 0 saturated carbocycles. The second kappa shape index (κ2) is 6.34. The van der Waals surface area contributed by atoms with Crippen LogP contribution in [0.5, 0.6) is 0 Å². The van der Waals surface area contributed by atoms with E-state index in [0.717, 1.165) is 11.3 Å². The maximum atomic E-state index is 6.09. The first-order valence-corrected chi connectivity index (χ1v) is 6.37. The molecule has 0 atom stereocenters. The maximum absolute atomic E-state index is 6.09. The van der Waals surface area contributed by atoms with Gasteiger partial charge in [-0.05, 0) is 36.8 Å². The summed E-state index contributed by atoms with van der Waals surface area (Å²) in [4.78, 5) is 11.1. The third-order valence-electron chi connectivity index (χ3n) is 2.98. The monoisotopic (exact) mass is 289 g/mol. The first kappa shape index (κ1) is 15.0. The van der Waals surface area contributed by atoms with Crippen LogP contribution in [-0.2, 0) is 9.78 Å². The number of rotatable bonds is 5. The molecule has 1 aromatic rings. The quantitative estimate of drug-likeness (QED) is 0.636. The Labute approximate surface area is 123 Å². The van der Waals surface area contributed by atoms with Gasteiger partial charge in [-0.25, -0.2) is 9.78 Å². The fourth-order valence-electron chi connectivity index (χ4n) is 1.88. The average molecular weight is 289 g/mol. The Morgan fingerprint density at radius 1 is 1.38 bits per heavy atom. The van der Waals surface area contributed by atoms with Gasteiger partial charge in [0, 0.05) is 11.9 Å². The summed E-state index contributed by atoms with van der Waals surface area (Å²) in [5.41, 5.74) is 14.1. The highest BCUT2D eigenvalue weighted by molar-refractivity contribution is 5.62. The lowest BCUT2D eigenvalue weighted by molar-refractivity contribution is -0.264. The molecule has 1 aromatic heterocycles. The second-order valence-corrected chi connectivity index (χ2v) is 4.53. The molecule has 0 fully saturated rings. The lowest BCUT2D eigenvalue weighted by atomic mass is 10.1. The fourth-order valence-corrected chi connectivity index (χ4v) is 1.88. The average Bonchev–Trinajstić information content (AvgIpc) is 2.90. The molecule has 0 aromatic carbocycles. The van der Waals surface area contributed by atoms with E-state index in [0.29, 0.717) is 29.6 Å². The minimum Gasteiger partial charge on any atom is -0.460 e. The maximum Gasteiger partial charge on any atom is 0.153 e. The molecular formula is C15H19N3O3. The molecule has 6 heteroatoms. The summed E-state index contributed by atoms with van der Waals surface area (Å²) >= 11 is 0. The van der Waals surface area contributed by atoms with Crippen molar-refractivity contribution in [1.29, 1.82) is 0 Å². The number of aryl methyl sites for hydroxylation is 1. The van der Waals surface area contributed by atoms with Crippen LogP contribution in [0.4, 0.5) is 0 Å². The Kier molecular flexibility index (Phi) is 4.52. The molecule has 4 N–H and O–H groups in total. The summed E-state index contributed by atoms with van der Waals surface area (Å²) in [6.45, 7) is 6.13. The van der Waals surface area contributed by atoms with Crippen molar-refractivity contribution in [2.75, 3.05) is 13.7 Å². The number of nitrogens with two attached hydrogens (primary N) is 2. The van der Waals surface area contributed by atoms with Gasteiger partial charge < -0.3 is 20.8 Å². The fraction of sp³-hybridized carbons (Fsp3) is 0.200. The molecule has 2 rings (SSSR count). The highest BCUT2D eigenvalue weighted by atomic mass is 17.2. The molecule has 2 heterocycles. The first-order valence-electron chi connectivity index (χ1n) is 6.37. The molecule has 0 bridgehead atoms. The normalized spacial score (nSPS) is 16.0. The van der Waals surface area contributed by atoms with E-state index < -0.39 is 0 Å². The third-order valence-corrected chi connectivity index (χ3v) is 2.98. The van der Waals surface area contributed by atoms with E-state index in [9.17, 15) is 0 Å². The molecule has 1 aliphatic heterocycles. The number of furan rings is 1. The molecule has 0 amide bonds. The predicted octanol–water partition coefficient (Wildman–Crippen LogP) is 1.98. The van der Waals surface area contributed by atoms with E-state index in [1.165, 1.54) is 7.11 Å². The molecular weight excluding hydrogens is 270 g/mol. The smallest absolute Gasteiger partial charge is 0.153 e. The molecule has 0 spiro atoms. The van der Waals surface area contributed by atoms with Crippen molar-refractivity contribution < 1.29 is 14.2 Å². The van der Waals surface area contributed by atoms with Gasteiger partial charge in [0.25, 0.3) is 0 Å². The summed E-state index contributed by atoms with van der Waals surface area (Å²) in [6.07, 6.45) is 5.46. The van der Waals surface area contributed by atoms with Crippen LogP contribution >= 0.6 is 0 Å². The topological polar surface area (TPSA) is 86.9 Å². The Bertz CT molecular complexity index is 626. The summed E-state index contributed by atoms with van der Waals surface area (Å²) in [7, 11) is 1.46. The van der Waals surface area contributed by atoms with Gasteiger partial charge in [-0.15, -0.1) is 0 Å². The lowest BCUT2D eigenvalue weighted by Gasteiger charge is -2.25. The van der Waals surface area contributed by atoms with Gasteiger partial charge in [0.2, 0.25) is 0 Å². The number of allylic oxidation sites excluding steroid dienone is 1. The molecule has 0 saturated heterocycles. The summed E-state index contributed by atoms with van der Waals surface area (Å²) in [6, 6.07) is 3.61. The second-order valence-electron chi connectivity index (χ2n) is 4.53. The zero-order chi connectivity index (χ0) is 15.4. The van der Waals surface area contributed by atoms with Gasteiger partial charge in [0.1, 0.15) is 23.9 Å². The van der Waals surface area contributed by atoms with Gasteiger partial charge in [0.05, 0.1) is 7.11 Å². The molecule has 0 aliphatic carbocycles. The van der Waals surface area contributed by atoms with E-state index >= 15 is 0 Å². The van der Waals surface area contributed by atoms with Crippen LogP contribution in [0, 0.1) is 6.92 Å². The van der Waals surface area contributed by atoms with E-state index in [2.05, 4.69) is 11.5 Å². The molecule has 1 aliphatic rings. The molecule has 0 radical (unpaired) electrons. The van der Waals surface area contributed by atoms with Crippen LogP contribution in [0.15, 0.2) is 58.6 Å². The Morgan fingerprint density at radius 2 is 2.14 bits per heavy atom. The van der Waals surface area contributed by atoms with Crippen molar-refractivity contribution in [3.05, 3.63) is 65.7 Å². The largest absolute Gasteiger partial charge is 0.460 e. The standard InChI is InChI=1S/C15H19N3O3/c1-10-8-12(9-20-19-3)6-7-18(10)15(17)14(16)13-5-4-11(2)21-13/h4-8H,1,9,16-17H2,2-3H3/b15-14-. The van der Waals surface area contributed by atoms with Crippen LogP contribution in [0.2, 0.25) is 0 Å². The summed E-state index contributed by atoms with van der Waals surface area (Å²) in [5, 5.41) is 0. The van der Waals surface area contributed by atoms with Crippen LogP contribution in [-0.4, -0.2) is 18.6 Å². The number of hydrogen-bond acceptors (Lipinski definition) is 6. The SMILES string of the molecule is C=C1C=C(COOC)C=CN1/C(N)=C(\N)c1ccc(C)o1. The lowest BCUT2D eigenvalue weighted by Crippen LogP contribution is -2.26. The van der Waals surface area contributed by atoms with Gasteiger partial charge >= 0.3 is 0 Å². The number of nitrogens with zero attached hydrogens (tertiary/aromatic N) is 1. The van der Waals surface area contributed by atoms with Crippen molar-refractivity contribution in [3.63, 3.8) is 0 Å². The summed E-state index contributed by atoms with van der Waals surface area (Å²) < 4.78 is 5.47. The van der Waals surface area contributed by atoms with Crippen molar-refractivity contribution in [1.82, 2.24) is 4.90 Å². The van der Waals surface area contributed by atoms with Crippen molar-refractivity contribution in [3.8, 4) is 0 Å².